The van der Waals surface area contributed by atoms with Crippen LogP contribution in [0.4, 0.5) is 0 Å². The highest BCUT2D eigenvalue weighted by Crippen LogP contribution is 2.10. The minimum Gasteiger partial charge on any atom is -0.481 e. The lowest BCUT2D eigenvalue weighted by Gasteiger charge is -2.19. The highest BCUT2D eigenvalue weighted by Gasteiger charge is 2.11. The molecule has 0 atom stereocenters. The molecule has 0 aromatic carbocycles. The van der Waals surface area contributed by atoms with Crippen molar-refractivity contribution in [3.05, 3.63) is 12.0 Å². The Balaban J connectivity index is 3.75. The lowest BCUT2D eigenvalue weighted by atomic mass is 10.2. The molecule has 1 N–H and O–H groups in total. The van der Waals surface area contributed by atoms with E-state index in [-0.39, 0.29) is 11.5 Å². The average Bonchev–Trinajstić information content (AvgIpc) is 1.62. The molecule has 0 saturated carbocycles. The van der Waals surface area contributed by atoms with E-state index in [4.69, 9.17) is 9.84 Å². The van der Waals surface area contributed by atoms with Crippen LogP contribution in [0, 0.1) is 0 Å². The van der Waals surface area contributed by atoms with Gasteiger partial charge in [0.05, 0.1) is 0 Å². The molecule has 0 aliphatic heterocycles. The van der Waals surface area contributed by atoms with E-state index >= 15 is 0 Å². The molecule has 9 heavy (non-hydrogen) atoms. The average molecular weight is 130 g/mol. The molecule has 0 unspecified atom stereocenters. The molecule has 0 bridgehead atoms. The lowest BCUT2D eigenvalue weighted by Crippen LogP contribution is -2.18. The molecular formula is C7H14O2. The summed E-state index contributed by atoms with van der Waals surface area (Å²) in [6.07, 6.45) is 1.52. The van der Waals surface area contributed by atoms with Gasteiger partial charge in [-0.2, -0.15) is 0 Å². The van der Waals surface area contributed by atoms with Crippen LogP contribution < -0.4 is 0 Å². The van der Waals surface area contributed by atoms with E-state index < -0.39 is 0 Å². The molecule has 0 rings (SSSR count). The van der Waals surface area contributed by atoms with Gasteiger partial charge in [-0.25, -0.2) is 0 Å². The van der Waals surface area contributed by atoms with Gasteiger partial charge in [-0.1, -0.05) is 0 Å². The lowest BCUT2D eigenvalue weighted by molar-refractivity contribution is -0.0148. The first kappa shape index (κ1) is 8.34. The van der Waals surface area contributed by atoms with E-state index in [2.05, 4.69) is 0 Å². The number of aliphatic hydroxyl groups is 1. The van der Waals surface area contributed by atoms with Crippen molar-refractivity contribution in [3.63, 3.8) is 0 Å². The fourth-order valence-corrected chi connectivity index (χ4v) is 0.373. The van der Waals surface area contributed by atoms with Crippen LogP contribution in [0.1, 0.15) is 27.7 Å². The molecule has 0 aliphatic rings. The van der Waals surface area contributed by atoms with Crippen LogP contribution in [0.3, 0.4) is 0 Å². The van der Waals surface area contributed by atoms with Gasteiger partial charge in [0.15, 0.2) is 0 Å². The van der Waals surface area contributed by atoms with E-state index in [1.54, 1.807) is 6.92 Å². The zero-order valence-electron chi connectivity index (χ0n) is 6.43. The van der Waals surface area contributed by atoms with Crippen LogP contribution in [0.15, 0.2) is 12.0 Å². The van der Waals surface area contributed by atoms with Gasteiger partial charge in [-0.3, -0.25) is 0 Å². The third-order valence-corrected chi connectivity index (χ3v) is 0.658. The zero-order valence-corrected chi connectivity index (χ0v) is 6.43. The van der Waals surface area contributed by atoms with Gasteiger partial charge in [-0.05, 0) is 33.8 Å². The van der Waals surface area contributed by atoms with Crippen molar-refractivity contribution in [1.82, 2.24) is 0 Å². The summed E-state index contributed by atoms with van der Waals surface area (Å²) >= 11 is 0. The second-order valence-corrected chi connectivity index (χ2v) is 2.84. The molecule has 0 aliphatic carbocycles. The number of allylic oxidation sites excluding steroid dienone is 1. The summed E-state index contributed by atoms with van der Waals surface area (Å²) < 4.78 is 5.00. The van der Waals surface area contributed by atoms with Gasteiger partial charge in [-0.15, -0.1) is 0 Å². The van der Waals surface area contributed by atoms with Crippen LogP contribution in [0.5, 0.6) is 0 Å². The minimum atomic E-state index is -0.295. The van der Waals surface area contributed by atoms with E-state index in [1.807, 2.05) is 20.8 Å². The smallest absolute Gasteiger partial charge is 0.272 e. The van der Waals surface area contributed by atoms with Crippen LogP contribution >= 0.6 is 0 Å². The van der Waals surface area contributed by atoms with Gasteiger partial charge in [0.2, 0.25) is 0 Å². The molecule has 0 spiro atoms. The van der Waals surface area contributed by atoms with Gasteiger partial charge >= 0.3 is 0 Å². The summed E-state index contributed by atoms with van der Waals surface area (Å²) in [6.45, 7) is 7.37. The summed E-state index contributed by atoms with van der Waals surface area (Å²) in [6, 6.07) is 0. The van der Waals surface area contributed by atoms with E-state index in [0.29, 0.717) is 0 Å². The first-order valence-electron chi connectivity index (χ1n) is 3.00. The maximum Gasteiger partial charge on any atom is 0.272 e. The summed E-state index contributed by atoms with van der Waals surface area (Å²) in [5.41, 5.74) is -0.295. The van der Waals surface area contributed by atoms with Crippen LogP contribution in [0.2, 0.25) is 0 Å². The quantitative estimate of drug-likeness (QED) is 0.551. The van der Waals surface area contributed by atoms with Gasteiger partial charge in [0.25, 0.3) is 5.95 Å². The summed E-state index contributed by atoms with van der Waals surface area (Å²) in [5, 5.41) is 8.83. The number of ether oxygens (including phenoxy) is 1. The Kier molecular flexibility index (Phi) is 2.56. The van der Waals surface area contributed by atoms with E-state index in [9.17, 15) is 0 Å². The number of hydrogen-bond acceptors (Lipinski definition) is 2. The van der Waals surface area contributed by atoms with Crippen molar-refractivity contribution in [2.24, 2.45) is 0 Å². The Morgan fingerprint density at radius 1 is 1.44 bits per heavy atom. The first-order valence-corrected chi connectivity index (χ1v) is 3.00. The Morgan fingerprint density at radius 2 is 1.89 bits per heavy atom. The van der Waals surface area contributed by atoms with Crippen molar-refractivity contribution < 1.29 is 9.84 Å². The Labute approximate surface area is 56.1 Å². The van der Waals surface area contributed by atoms with Crippen LogP contribution in [0.25, 0.3) is 0 Å². The highest BCUT2D eigenvalue weighted by molar-refractivity contribution is 4.79. The van der Waals surface area contributed by atoms with Crippen LogP contribution in [-0.2, 0) is 4.74 Å². The van der Waals surface area contributed by atoms with Gasteiger partial charge in [0, 0.05) is 0 Å². The molecule has 0 saturated heterocycles. The summed E-state index contributed by atoms with van der Waals surface area (Å²) in [5.74, 6) is -0.0116. The van der Waals surface area contributed by atoms with E-state index in [1.165, 1.54) is 6.08 Å². The molecule has 0 amide bonds. The van der Waals surface area contributed by atoms with Crippen molar-refractivity contribution in [2.75, 3.05) is 0 Å². The Bertz CT molecular complexity index is 109. The monoisotopic (exact) mass is 130 g/mol. The molecule has 0 heterocycles. The summed E-state index contributed by atoms with van der Waals surface area (Å²) in [4.78, 5) is 0. The van der Waals surface area contributed by atoms with Crippen molar-refractivity contribution in [2.45, 2.75) is 33.3 Å². The van der Waals surface area contributed by atoms with Crippen LogP contribution in [-0.4, -0.2) is 10.7 Å². The standard InChI is InChI=1S/C7H14O2/c1-5-6(8)9-7(2,3)4/h5,8H,1-4H3/b6-5+. The first-order chi connectivity index (χ1) is 3.95. The predicted octanol–water partition coefficient (Wildman–Crippen LogP) is 2.22. The third-order valence-electron chi connectivity index (χ3n) is 0.658. The van der Waals surface area contributed by atoms with E-state index in [0.717, 1.165) is 0 Å². The molecule has 0 aromatic rings. The molecule has 0 aromatic heterocycles. The minimum absolute atomic E-state index is 0.0116. The predicted molar refractivity (Wildman–Crippen MR) is 37.2 cm³/mol. The molecule has 2 heteroatoms. The number of aliphatic hydroxyl groups excluding tert-OH is 1. The Morgan fingerprint density at radius 3 is 2.00 bits per heavy atom. The zero-order chi connectivity index (χ0) is 7.49. The SMILES string of the molecule is C/C=C(\O)OC(C)(C)C. The fraction of sp³-hybridized carbons (Fsp3) is 0.714. The maximum absolute atomic E-state index is 8.83. The van der Waals surface area contributed by atoms with Gasteiger partial charge in [0.1, 0.15) is 5.60 Å². The number of rotatable bonds is 1. The largest absolute Gasteiger partial charge is 0.481 e. The molecule has 54 valence electrons. The van der Waals surface area contributed by atoms with Crippen molar-refractivity contribution in [3.8, 4) is 0 Å². The third kappa shape index (κ3) is 5.21. The van der Waals surface area contributed by atoms with Crippen molar-refractivity contribution >= 4 is 0 Å². The second kappa shape index (κ2) is 2.76. The maximum atomic E-state index is 8.83. The fourth-order valence-electron chi connectivity index (χ4n) is 0.373. The molecule has 0 radical (unpaired) electrons. The topological polar surface area (TPSA) is 29.5 Å². The second-order valence-electron chi connectivity index (χ2n) is 2.84. The molecule has 2 nitrogen and oxygen atoms in total. The van der Waals surface area contributed by atoms with Gasteiger partial charge < -0.3 is 9.84 Å². The highest BCUT2D eigenvalue weighted by atomic mass is 16.6. The molecule has 0 fully saturated rings. The Hall–Kier alpha value is -0.660. The molecular weight excluding hydrogens is 116 g/mol. The number of hydrogen-bond donors (Lipinski definition) is 1. The normalized spacial score (nSPS) is 13.6. The van der Waals surface area contributed by atoms with Crippen molar-refractivity contribution in [1.29, 1.82) is 0 Å². The summed E-state index contributed by atoms with van der Waals surface area (Å²) in [7, 11) is 0.